The highest BCUT2D eigenvalue weighted by molar-refractivity contribution is 4.71. The van der Waals surface area contributed by atoms with Crippen LogP contribution in [0.2, 0.25) is 0 Å². The third kappa shape index (κ3) is 1.66. The summed E-state index contributed by atoms with van der Waals surface area (Å²) in [5.41, 5.74) is 0. The quantitative estimate of drug-likeness (QED) is 0.573. The molecule has 2 nitrogen and oxygen atoms in total. The van der Waals surface area contributed by atoms with Gasteiger partial charge in [-0.05, 0) is 25.7 Å². The summed E-state index contributed by atoms with van der Waals surface area (Å²) in [6, 6.07) is 0. The molecule has 0 aromatic carbocycles. The van der Waals surface area contributed by atoms with E-state index in [1.807, 2.05) is 0 Å². The Bertz CT molecular complexity index is 79.0. The average molecular weight is 129 g/mol. The molecule has 1 aliphatic rings. The summed E-state index contributed by atoms with van der Waals surface area (Å²) in [6.07, 6.45) is 5.60. The van der Waals surface area contributed by atoms with E-state index in [4.69, 9.17) is 10.7 Å². The van der Waals surface area contributed by atoms with E-state index in [0.29, 0.717) is 0 Å². The van der Waals surface area contributed by atoms with E-state index < -0.39 is 0 Å². The van der Waals surface area contributed by atoms with Crippen molar-refractivity contribution in [3.8, 4) is 0 Å². The van der Waals surface area contributed by atoms with Crippen LogP contribution < -0.4 is 5.90 Å². The van der Waals surface area contributed by atoms with Crippen molar-refractivity contribution in [2.75, 3.05) is 0 Å². The van der Waals surface area contributed by atoms with Gasteiger partial charge in [0.25, 0.3) is 0 Å². The van der Waals surface area contributed by atoms with Gasteiger partial charge in [-0.15, -0.1) is 0 Å². The van der Waals surface area contributed by atoms with Gasteiger partial charge in [-0.25, -0.2) is 5.90 Å². The summed E-state index contributed by atoms with van der Waals surface area (Å²) in [5, 5.41) is 0. The second-order valence-electron chi connectivity index (χ2n) is 2.89. The van der Waals surface area contributed by atoms with E-state index in [1.165, 1.54) is 25.7 Å². The molecule has 0 bridgehead atoms. The fourth-order valence-electron chi connectivity index (χ4n) is 1.54. The van der Waals surface area contributed by atoms with Crippen LogP contribution in [0.15, 0.2) is 0 Å². The van der Waals surface area contributed by atoms with Crippen molar-refractivity contribution >= 4 is 0 Å². The van der Waals surface area contributed by atoms with Crippen LogP contribution in [0.5, 0.6) is 0 Å². The van der Waals surface area contributed by atoms with Gasteiger partial charge >= 0.3 is 0 Å². The second-order valence-corrected chi connectivity index (χ2v) is 2.89. The van der Waals surface area contributed by atoms with Crippen LogP contribution in [0.25, 0.3) is 0 Å². The van der Waals surface area contributed by atoms with Gasteiger partial charge in [0.15, 0.2) is 0 Å². The Morgan fingerprint density at radius 2 is 2.00 bits per heavy atom. The van der Waals surface area contributed by atoms with Gasteiger partial charge in [0.1, 0.15) is 0 Å². The highest BCUT2D eigenvalue weighted by Gasteiger charge is 2.21. The number of hydrogen-bond donors (Lipinski definition) is 1. The highest BCUT2D eigenvalue weighted by Crippen LogP contribution is 2.28. The zero-order valence-electron chi connectivity index (χ0n) is 5.97. The normalized spacial score (nSPS) is 24.7. The minimum absolute atomic E-state index is 0.271. The van der Waals surface area contributed by atoms with Crippen molar-refractivity contribution in [2.24, 2.45) is 11.8 Å². The Morgan fingerprint density at radius 3 is 2.44 bits per heavy atom. The molecule has 1 aliphatic carbocycles. The van der Waals surface area contributed by atoms with Crippen LogP contribution in [0.4, 0.5) is 0 Å². The number of nitrogens with two attached hydrogens (primary N) is 1. The predicted molar refractivity (Wildman–Crippen MR) is 36.7 cm³/mol. The van der Waals surface area contributed by atoms with E-state index in [1.54, 1.807) is 0 Å². The van der Waals surface area contributed by atoms with Crippen LogP contribution in [0.1, 0.15) is 32.6 Å². The third-order valence-electron chi connectivity index (χ3n) is 2.28. The molecule has 54 valence electrons. The molecule has 9 heavy (non-hydrogen) atoms. The molecule has 1 saturated carbocycles. The van der Waals surface area contributed by atoms with Crippen molar-refractivity contribution in [1.82, 2.24) is 0 Å². The molecule has 2 N–H and O–H groups in total. The van der Waals surface area contributed by atoms with E-state index in [2.05, 4.69) is 6.92 Å². The maximum absolute atomic E-state index is 5.05. The molecule has 1 unspecified atom stereocenters. The largest absolute Gasteiger partial charge is 0.301 e. The molecule has 0 aromatic rings. The number of rotatable bonds is 2. The lowest BCUT2D eigenvalue weighted by atomic mass is 10.0. The van der Waals surface area contributed by atoms with Crippen LogP contribution in [0, 0.1) is 5.92 Å². The van der Waals surface area contributed by atoms with Crippen molar-refractivity contribution in [3.63, 3.8) is 0 Å². The molecule has 0 aromatic heterocycles. The minimum atomic E-state index is 0.271. The molecule has 0 spiro atoms. The summed E-state index contributed by atoms with van der Waals surface area (Å²) in [5.74, 6) is 5.78. The van der Waals surface area contributed by atoms with Gasteiger partial charge in [0.2, 0.25) is 0 Å². The molecule has 0 heterocycles. The van der Waals surface area contributed by atoms with Gasteiger partial charge in [0.05, 0.1) is 6.10 Å². The molecule has 2 heteroatoms. The summed E-state index contributed by atoms with van der Waals surface area (Å²) in [4.78, 5) is 4.73. The zero-order valence-corrected chi connectivity index (χ0v) is 5.97. The molecule has 0 radical (unpaired) electrons. The van der Waals surface area contributed by atoms with E-state index in [9.17, 15) is 0 Å². The van der Waals surface area contributed by atoms with Gasteiger partial charge < -0.3 is 4.84 Å². The first kappa shape index (κ1) is 7.03. The smallest absolute Gasteiger partial charge is 0.0787 e. The maximum Gasteiger partial charge on any atom is 0.0787 e. The van der Waals surface area contributed by atoms with Crippen molar-refractivity contribution in [1.29, 1.82) is 0 Å². The van der Waals surface area contributed by atoms with Crippen molar-refractivity contribution in [3.05, 3.63) is 0 Å². The molecular weight excluding hydrogens is 114 g/mol. The lowest BCUT2D eigenvalue weighted by Gasteiger charge is -2.14. The van der Waals surface area contributed by atoms with Gasteiger partial charge in [-0.2, -0.15) is 0 Å². The summed E-state index contributed by atoms with van der Waals surface area (Å²) < 4.78 is 0. The Hall–Kier alpha value is -0.0800. The standard InChI is InChI=1S/C7H15NO/c1-6(9-8)7-4-2-3-5-7/h6-7H,2-5,8H2,1H3. The maximum atomic E-state index is 5.05. The topological polar surface area (TPSA) is 35.2 Å². The SMILES string of the molecule is CC(ON)C1CCCC1. The van der Waals surface area contributed by atoms with Gasteiger partial charge in [-0.1, -0.05) is 12.8 Å². The minimum Gasteiger partial charge on any atom is -0.301 e. The molecule has 1 rings (SSSR count). The second kappa shape index (κ2) is 3.18. The first-order valence-electron chi connectivity index (χ1n) is 3.70. The fraction of sp³-hybridized carbons (Fsp3) is 1.00. The monoisotopic (exact) mass is 129 g/mol. The lowest BCUT2D eigenvalue weighted by Crippen LogP contribution is -2.21. The van der Waals surface area contributed by atoms with Gasteiger partial charge in [0, 0.05) is 0 Å². The Kier molecular flexibility index (Phi) is 2.49. The van der Waals surface area contributed by atoms with Crippen LogP contribution >= 0.6 is 0 Å². The summed E-state index contributed by atoms with van der Waals surface area (Å²) in [6.45, 7) is 2.05. The summed E-state index contributed by atoms with van der Waals surface area (Å²) >= 11 is 0. The molecular formula is C7H15NO. The molecule has 0 saturated heterocycles. The fourth-order valence-corrected chi connectivity index (χ4v) is 1.54. The zero-order chi connectivity index (χ0) is 6.69. The third-order valence-corrected chi connectivity index (χ3v) is 2.28. The van der Waals surface area contributed by atoms with Crippen LogP contribution in [0.3, 0.4) is 0 Å². The Balaban J connectivity index is 2.24. The van der Waals surface area contributed by atoms with E-state index in [-0.39, 0.29) is 6.10 Å². The molecule has 1 atom stereocenters. The van der Waals surface area contributed by atoms with Crippen molar-refractivity contribution < 1.29 is 4.84 Å². The van der Waals surface area contributed by atoms with Crippen molar-refractivity contribution in [2.45, 2.75) is 38.7 Å². The van der Waals surface area contributed by atoms with E-state index >= 15 is 0 Å². The summed E-state index contributed by atoms with van der Waals surface area (Å²) in [7, 11) is 0. The predicted octanol–water partition coefficient (Wildman–Crippen LogP) is 1.46. The van der Waals surface area contributed by atoms with Gasteiger partial charge in [-0.3, -0.25) is 0 Å². The first-order chi connectivity index (χ1) is 4.34. The number of hydrogen-bond acceptors (Lipinski definition) is 2. The average Bonchev–Trinajstić information content (AvgIpc) is 2.37. The molecule has 0 amide bonds. The highest BCUT2D eigenvalue weighted by atomic mass is 16.6. The lowest BCUT2D eigenvalue weighted by molar-refractivity contribution is 0.0262. The Labute approximate surface area is 56.3 Å². The van der Waals surface area contributed by atoms with Crippen LogP contribution in [-0.2, 0) is 4.84 Å². The Morgan fingerprint density at radius 1 is 1.44 bits per heavy atom. The first-order valence-corrected chi connectivity index (χ1v) is 3.70. The van der Waals surface area contributed by atoms with Crippen LogP contribution in [-0.4, -0.2) is 6.10 Å². The van der Waals surface area contributed by atoms with E-state index in [0.717, 1.165) is 5.92 Å². The molecule has 1 fully saturated rings. The molecule has 0 aliphatic heterocycles.